The molecule has 0 aliphatic heterocycles. The Morgan fingerprint density at radius 2 is 1.94 bits per heavy atom. The highest BCUT2D eigenvalue weighted by Crippen LogP contribution is 2.17. The van der Waals surface area contributed by atoms with Crippen molar-refractivity contribution >= 4 is 21.8 Å². The third kappa shape index (κ3) is 4.48. The van der Waals surface area contributed by atoms with E-state index in [0.29, 0.717) is 6.54 Å². The summed E-state index contributed by atoms with van der Waals surface area (Å²) in [6, 6.07) is 7.98. The first kappa shape index (κ1) is 14.2. The lowest BCUT2D eigenvalue weighted by Crippen LogP contribution is -2.32. The van der Waals surface area contributed by atoms with Gasteiger partial charge in [-0.3, -0.25) is 4.79 Å². The van der Waals surface area contributed by atoms with Crippen molar-refractivity contribution in [3.8, 4) is 0 Å². The number of nitrogens with two attached hydrogens (primary N) is 1. The molecule has 1 rings (SSSR count). The molecule has 0 aliphatic carbocycles. The van der Waals surface area contributed by atoms with Gasteiger partial charge in [0.2, 0.25) is 5.91 Å². The van der Waals surface area contributed by atoms with Gasteiger partial charge in [-0.2, -0.15) is 0 Å². The van der Waals surface area contributed by atoms with Gasteiger partial charge in [-0.25, -0.2) is 0 Å². The fraction of sp³-hybridized carbons (Fsp3) is 0.462. The normalized spacial score (nSPS) is 14.1. The summed E-state index contributed by atoms with van der Waals surface area (Å²) in [5.74, 6) is 0.0313. The molecule has 1 unspecified atom stereocenters. The standard InChI is InChI=1S/C13H19BrN2O/c1-9(7-8-15)13(17)16-10(2)11-3-5-12(14)6-4-11/h3-6,9-10H,7-8,15H2,1-2H3,(H,16,17)/t9?,10-/m0/s1. The molecular formula is C13H19BrN2O. The van der Waals surface area contributed by atoms with Gasteiger partial charge in [0, 0.05) is 10.4 Å². The van der Waals surface area contributed by atoms with Crippen LogP contribution in [0.5, 0.6) is 0 Å². The summed E-state index contributed by atoms with van der Waals surface area (Å²) in [5, 5.41) is 2.99. The molecule has 0 saturated carbocycles. The second-order valence-electron chi connectivity index (χ2n) is 4.26. The van der Waals surface area contributed by atoms with Crippen molar-refractivity contribution in [2.75, 3.05) is 6.54 Å². The van der Waals surface area contributed by atoms with Crippen LogP contribution in [0.25, 0.3) is 0 Å². The van der Waals surface area contributed by atoms with E-state index in [4.69, 9.17) is 5.73 Å². The van der Waals surface area contributed by atoms with Crippen molar-refractivity contribution in [3.05, 3.63) is 34.3 Å². The molecule has 0 radical (unpaired) electrons. The molecule has 4 heteroatoms. The van der Waals surface area contributed by atoms with Gasteiger partial charge in [-0.1, -0.05) is 35.0 Å². The molecule has 94 valence electrons. The summed E-state index contributed by atoms with van der Waals surface area (Å²) >= 11 is 3.39. The van der Waals surface area contributed by atoms with Crippen LogP contribution in [0.2, 0.25) is 0 Å². The Morgan fingerprint density at radius 3 is 2.47 bits per heavy atom. The highest BCUT2D eigenvalue weighted by molar-refractivity contribution is 9.10. The minimum Gasteiger partial charge on any atom is -0.349 e. The molecule has 17 heavy (non-hydrogen) atoms. The van der Waals surface area contributed by atoms with E-state index in [-0.39, 0.29) is 17.9 Å². The first-order valence-electron chi connectivity index (χ1n) is 5.80. The minimum atomic E-state index is -0.0297. The number of carbonyl (C=O) groups excluding carboxylic acids is 1. The maximum absolute atomic E-state index is 11.8. The number of hydrogen-bond acceptors (Lipinski definition) is 2. The zero-order valence-corrected chi connectivity index (χ0v) is 11.8. The van der Waals surface area contributed by atoms with Crippen LogP contribution >= 0.6 is 15.9 Å². The highest BCUT2D eigenvalue weighted by atomic mass is 79.9. The predicted octanol–water partition coefficient (Wildman–Crippen LogP) is 2.61. The lowest BCUT2D eigenvalue weighted by atomic mass is 10.0. The summed E-state index contributed by atoms with van der Waals surface area (Å²) in [6.45, 7) is 4.42. The Labute approximate surface area is 111 Å². The third-order valence-corrected chi connectivity index (χ3v) is 3.30. The van der Waals surface area contributed by atoms with Gasteiger partial charge < -0.3 is 11.1 Å². The smallest absolute Gasteiger partial charge is 0.223 e. The van der Waals surface area contributed by atoms with Crippen molar-refractivity contribution in [2.24, 2.45) is 11.7 Å². The van der Waals surface area contributed by atoms with E-state index in [2.05, 4.69) is 21.2 Å². The average molecular weight is 299 g/mol. The third-order valence-electron chi connectivity index (χ3n) is 2.78. The number of nitrogens with one attached hydrogen (secondary N) is 1. The number of rotatable bonds is 5. The van der Waals surface area contributed by atoms with E-state index in [1.54, 1.807) is 0 Å². The van der Waals surface area contributed by atoms with E-state index in [9.17, 15) is 4.79 Å². The topological polar surface area (TPSA) is 55.1 Å². The Kier molecular flexibility index (Phi) is 5.65. The zero-order chi connectivity index (χ0) is 12.8. The van der Waals surface area contributed by atoms with Gasteiger partial charge in [0.15, 0.2) is 0 Å². The lowest BCUT2D eigenvalue weighted by molar-refractivity contribution is -0.125. The molecule has 1 amide bonds. The molecule has 0 heterocycles. The van der Waals surface area contributed by atoms with Gasteiger partial charge in [-0.15, -0.1) is 0 Å². The first-order chi connectivity index (χ1) is 8.04. The summed E-state index contributed by atoms with van der Waals surface area (Å²) in [6.07, 6.45) is 0.721. The fourth-order valence-corrected chi connectivity index (χ4v) is 1.84. The Hall–Kier alpha value is -0.870. The molecule has 1 aromatic carbocycles. The van der Waals surface area contributed by atoms with Crippen LogP contribution in [-0.2, 0) is 4.79 Å². The second-order valence-corrected chi connectivity index (χ2v) is 5.18. The number of halogens is 1. The van der Waals surface area contributed by atoms with Crippen molar-refractivity contribution in [1.82, 2.24) is 5.32 Å². The van der Waals surface area contributed by atoms with Crippen LogP contribution in [0.1, 0.15) is 31.9 Å². The van der Waals surface area contributed by atoms with E-state index >= 15 is 0 Å². The minimum absolute atomic E-state index is 0.0239. The van der Waals surface area contributed by atoms with Crippen molar-refractivity contribution in [1.29, 1.82) is 0 Å². The van der Waals surface area contributed by atoms with Crippen LogP contribution in [0.4, 0.5) is 0 Å². The number of amides is 1. The molecule has 0 bridgehead atoms. The van der Waals surface area contributed by atoms with E-state index in [1.807, 2.05) is 38.1 Å². The SMILES string of the molecule is CC(CCN)C(=O)N[C@@H](C)c1ccc(Br)cc1. The van der Waals surface area contributed by atoms with E-state index in [1.165, 1.54) is 0 Å². The number of benzene rings is 1. The summed E-state index contributed by atoms with van der Waals surface area (Å²) in [4.78, 5) is 11.8. The van der Waals surface area contributed by atoms with Crippen LogP contribution in [-0.4, -0.2) is 12.5 Å². The number of carbonyl (C=O) groups is 1. The van der Waals surface area contributed by atoms with Gasteiger partial charge in [0.05, 0.1) is 6.04 Å². The Bertz CT molecular complexity index is 364. The van der Waals surface area contributed by atoms with Crippen molar-refractivity contribution < 1.29 is 4.79 Å². The molecule has 1 aromatic rings. The predicted molar refractivity (Wildman–Crippen MR) is 73.5 cm³/mol. The molecule has 0 aromatic heterocycles. The van der Waals surface area contributed by atoms with Gasteiger partial charge in [0.1, 0.15) is 0 Å². The molecule has 0 saturated heterocycles. The van der Waals surface area contributed by atoms with Crippen LogP contribution in [0.15, 0.2) is 28.7 Å². The van der Waals surface area contributed by atoms with Crippen LogP contribution in [0, 0.1) is 5.92 Å². The first-order valence-corrected chi connectivity index (χ1v) is 6.59. The van der Waals surface area contributed by atoms with E-state index in [0.717, 1.165) is 16.5 Å². The maximum Gasteiger partial charge on any atom is 0.223 e. The second kappa shape index (κ2) is 6.77. The maximum atomic E-state index is 11.8. The monoisotopic (exact) mass is 298 g/mol. The fourth-order valence-electron chi connectivity index (χ4n) is 1.57. The zero-order valence-electron chi connectivity index (χ0n) is 10.2. The molecule has 3 N–H and O–H groups in total. The van der Waals surface area contributed by atoms with Gasteiger partial charge in [-0.05, 0) is 37.6 Å². The highest BCUT2D eigenvalue weighted by Gasteiger charge is 2.15. The van der Waals surface area contributed by atoms with Gasteiger partial charge >= 0.3 is 0 Å². The summed E-state index contributed by atoms with van der Waals surface area (Å²) < 4.78 is 1.04. The van der Waals surface area contributed by atoms with E-state index < -0.39 is 0 Å². The Morgan fingerprint density at radius 1 is 1.35 bits per heavy atom. The Balaban J connectivity index is 2.57. The molecule has 2 atom stereocenters. The molecule has 0 spiro atoms. The largest absolute Gasteiger partial charge is 0.349 e. The number of hydrogen-bond donors (Lipinski definition) is 2. The van der Waals surface area contributed by atoms with Crippen molar-refractivity contribution in [2.45, 2.75) is 26.3 Å². The summed E-state index contributed by atoms with van der Waals surface area (Å²) in [7, 11) is 0. The van der Waals surface area contributed by atoms with Crippen molar-refractivity contribution in [3.63, 3.8) is 0 Å². The average Bonchev–Trinajstić information content (AvgIpc) is 2.30. The molecule has 0 aliphatic rings. The lowest BCUT2D eigenvalue weighted by Gasteiger charge is -2.17. The van der Waals surface area contributed by atoms with Crippen LogP contribution < -0.4 is 11.1 Å². The summed E-state index contributed by atoms with van der Waals surface area (Å²) in [5.41, 5.74) is 6.54. The molecular weight excluding hydrogens is 280 g/mol. The quantitative estimate of drug-likeness (QED) is 0.878. The van der Waals surface area contributed by atoms with Crippen LogP contribution in [0.3, 0.4) is 0 Å². The molecule has 3 nitrogen and oxygen atoms in total. The van der Waals surface area contributed by atoms with Gasteiger partial charge in [0.25, 0.3) is 0 Å². The molecule has 0 fully saturated rings.